The van der Waals surface area contributed by atoms with Crippen molar-refractivity contribution in [1.82, 2.24) is 0 Å². The minimum absolute atomic E-state index is 0.486. The first-order valence-electron chi connectivity index (χ1n) is 10.9. The molecule has 0 aromatic rings. The number of hydrogen-bond acceptors (Lipinski definition) is 0. The van der Waals surface area contributed by atoms with Crippen LogP contribution in [0.3, 0.4) is 0 Å². The molecule has 5 heterocycles. The molecule has 2 heteroatoms. The molecule has 138 valence electrons. The highest BCUT2D eigenvalue weighted by molar-refractivity contribution is 4.97. The van der Waals surface area contributed by atoms with E-state index in [1.807, 2.05) is 0 Å². The molecule has 0 aromatic heterocycles. The normalized spacial score (nSPS) is 53.6. The molecule has 5 fully saturated rings. The van der Waals surface area contributed by atoms with Crippen LogP contribution in [0.15, 0.2) is 0 Å². The summed E-state index contributed by atoms with van der Waals surface area (Å²) in [5, 5.41) is 0. The molecule has 2 bridgehead atoms. The average Bonchev–Trinajstić information content (AvgIpc) is 2.49. The van der Waals surface area contributed by atoms with Gasteiger partial charge in [0.1, 0.15) is 0 Å². The fraction of sp³-hybridized carbons (Fsp3) is 1.00. The summed E-state index contributed by atoms with van der Waals surface area (Å²) in [5.41, 5.74) is 1.02. The molecule has 24 heavy (non-hydrogen) atoms. The zero-order valence-electron chi connectivity index (χ0n) is 17.1. The molecule has 6 atom stereocenters. The van der Waals surface area contributed by atoms with Gasteiger partial charge < -0.3 is 8.97 Å². The summed E-state index contributed by atoms with van der Waals surface area (Å²) in [6.45, 7) is 12.1. The Morgan fingerprint density at radius 1 is 0.875 bits per heavy atom. The van der Waals surface area contributed by atoms with Gasteiger partial charge in [0.25, 0.3) is 0 Å². The minimum Gasteiger partial charge on any atom is -0.324 e. The van der Waals surface area contributed by atoms with Gasteiger partial charge in [0, 0.05) is 25.7 Å². The van der Waals surface area contributed by atoms with Crippen molar-refractivity contribution in [2.24, 2.45) is 11.8 Å². The predicted octanol–water partition coefficient (Wildman–Crippen LogP) is 4.58. The molecule has 0 aliphatic carbocycles. The second-order valence-corrected chi connectivity index (χ2v) is 11.5. The number of nitrogens with zero attached hydrogens (tertiary/aromatic N) is 2. The topological polar surface area (TPSA) is 0 Å². The summed E-state index contributed by atoms with van der Waals surface area (Å²) in [6.07, 6.45) is 13.4. The monoisotopic (exact) mass is 334 g/mol. The smallest absolute Gasteiger partial charge is 0.0971 e. The zero-order valence-corrected chi connectivity index (χ0v) is 17.1. The van der Waals surface area contributed by atoms with Crippen molar-refractivity contribution in [3.05, 3.63) is 0 Å². The highest BCUT2D eigenvalue weighted by Gasteiger charge is 2.62. The highest BCUT2D eigenvalue weighted by atomic mass is 15.5. The SMILES string of the molecule is CC1(C)CC2CC[N+]1(C)C(C)(CC1CC[N+]3(C)CCCCC3C1)C2. The Hall–Kier alpha value is -0.0800. The third-order valence-corrected chi connectivity index (χ3v) is 9.75. The molecule has 0 radical (unpaired) electrons. The van der Waals surface area contributed by atoms with Gasteiger partial charge in [-0.1, -0.05) is 0 Å². The first-order chi connectivity index (χ1) is 11.2. The number of fused-ring (bicyclic) bond motifs is 4. The van der Waals surface area contributed by atoms with Crippen molar-refractivity contribution in [1.29, 1.82) is 0 Å². The quantitative estimate of drug-likeness (QED) is 0.648. The highest BCUT2D eigenvalue weighted by Crippen LogP contribution is 2.55. The molecular weight excluding hydrogens is 292 g/mol. The van der Waals surface area contributed by atoms with Gasteiger partial charge in [-0.2, -0.15) is 0 Å². The van der Waals surface area contributed by atoms with E-state index in [0.717, 1.165) is 17.9 Å². The Morgan fingerprint density at radius 3 is 2.42 bits per heavy atom. The number of piperidine rings is 5. The molecule has 5 saturated heterocycles. The van der Waals surface area contributed by atoms with Gasteiger partial charge in [0.2, 0.25) is 0 Å². The standard InChI is InChI=1S/C22H42N2/c1-21(2)15-19-10-13-24(21,5)22(3,17-19)16-18-9-12-23(4)11-7-6-8-20(23)14-18/h18-20H,6-17H2,1-5H3/q+2. The van der Waals surface area contributed by atoms with Crippen LogP contribution in [0.25, 0.3) is 0 Å². The van der Waals surface area contributed by atoms with Gasteiger partial charge in [0.15, 0.2) is 0 Å². The van der Waals surface area contributed by atoms with E-state index in [4.69, 9.17) is 0 Å². The van der Waals surface area contributed by atoms with E-state index in [1.165, 1.54) is 86.4 Å². The summed E-state index contributed by atoms with van der Waals surface area (Å²) < 4.78 is 2.76. The third-order valence-electron chi connectivity index (χ3n) is 9.75. The van der Waals surface area contributed by atoms with E-state index in [0.29, 0.717) is 11.1 Å². The van der Waals surface area contributed by atoms with Crippen LogP contribution in [0.2, 0.25) is 0 Å². The molecule has 0 aromatic carbocycles. The first-order valence-corrected chi connectivity index (χ1v) is 10.9. The molecule has 0 N–H and O–H groups in total. The van der Waals surface area contributed by atoms with Crippen LogP contribution in [0.1, 0.15) is 78.6 Å². The molecule has 5 rings (SSSR count). The lowest BCUT2D eigenvalue weighted by atomic mass is 9.62. The van der Waals surface area contributed by atoms with Crippen LogP contribution in [0.5, 0.6) is 0 Å². The van der Waals surface area contributed by atoms with Gasteiger partial charge in [-0.3, -0.25) is 0 Å². The predicted molar refractivity (Wildman–Crippen MR) is 102 cm³/mol. The Kier molecular flexibility index (Phi) is 3.94. The van der Waals surface area contributed by atoms with Gasteiger partial charge in [-0.05, 0) is 64.7 Å². The second-order valence-electron chi connectivity index (χ2n) is 11.5. The van der Waals surface area contributed by atoms with Gasteiger partial charge in [-0.15, -0.1) is 0 Å². The summed E-state index contributed by atoms with van der Waals surface area (Å²) in [5.74, 6) is 2.00. The first kappa shape index (κ1) is 17.3. The summed E-state index contributed by atoms with van der Waals surface area (Å²) in [7, 11) is 5.17. The van der Waals surface area contributed by atoms with Gasteiger partial charge in [0.05, 0.1) is 50.8 Å². The van der Waals surface area contributed by atoms with Crippen LogP contribution in [-0.2, 0) is 0 Å². The number of hydrogen-bond donors (Lipinski definition) is 0. The Labute approximate surface area is 150 Å². The van der Waals surface area contributed by atoms with Crippen molar-refractivity contribution in [3.63, 3.8) is 0 Å². The van der Waals surface area contributed by atoms with E-state index in [1.54, 1.807) is 0 Å². The van der Waals surface area contributed by atoms with Crippen LogP contribution in [0, 0.1) is 11.8 Å². The lowest BCUT2D eigenvalue weighted by Gasteiger charge is -2.67. The number of quaternary nitrogens is 2. The summed E-state index contributed by atoms with van der Waals surface area (Å²) >= 11 is 0. The van der Waals surface area contributed by atoms with Crippen molar-refractivity contribution < 1.29 is 8.97 Å². The minimum atomic E-state index is 0.486. The molecule has 0 saturated carbocycles. The molecule has 2 nitrogen and oxygen atoms in total. The number of rotatable bonds is 2. The maximum atomic E-state index is 2.67. The van der Waals surface area contributed by atoms with E-state index >= 15 is 0 Å². The second kappa shape index (κ2) is 5.46. The Balaban J connectivity index is 1.51. The van der Waals surface area contributed by atoms with Crippen LogP contribution in [-0.4, -0.2) is 59.8 Å². The molecule has 0 amide bonds. The fourth-order valence-corrected chi connectivity index (χ4v) is 7.84. The Morgan fingerprint density at radius 2 is 1.67 bits per heavy atom. The molecule has 0 spiro atoms. The van der Waals surface area contributed by atoms with Crippen LogP contribution in [0.4, 0.5) is 0 Å². The summed E-state index contributed by atoms with van der Waals surface area (Å²) in [4.78, 5) is 0. The van der Waals surface area contributed by atoms with Crippen LogP contribution >= 0.6 is 0 Å². The maximum Gasteiger partial charge on any atom is 0.0971 e. The van der Waals surface area contributed by atoms with Crippen molar-refractivity contribution in [2.45, 2.75) is 95.7 Å². The average molecular weight is 335 g/mol. The lowest BCUT2D eigenvalue weighted by Crippen LogP contribution is -2.77. The van der Waals surface area contributed by atoms with Crippen molar-refractivity contribution in [2.75, 3.05) is 33.7 Å². The van der Waals surface area contributed by atoms with Crippen molar-refractivity contribution in [3.8, 4) is 0 Å². The van der Waals surface area contributed by atoms with Gasteiger partial charge in [-0.25, -0.2) is 0 Å². The van der Waals surface area contributed by atoms with E-state index in [9.17, 15) is 0 Å². The van der Waals surface area contributed by atoms with E-state index in [2.05, 4.69) is 34.9 Å². The molecule has 6 unspecified atom stereocenters. The summed E-state index contributed by atoms with van der Waals surface area (Å²) in [6, 6.07) is 0.982. The lowest BCUT2D eigenvalue weighted by molar-refractivity contribution is -1.02. The van der Waals surface area contributed by atoms with E-state index < -0.39 is 0 Å². The fourth-order valence-electron chi connectivity index (χ4n) is 7.84. The molecule has 5 aliphatic rings. The van der Waals surface area contributed by atoms with Gasteiger partial charge >= 0.3 is 0 Å². The zero-order chi connectivity index (χ0) is 17.2. The van der Waals surface area contributed by atoms with Crippen LogP contribution < -0.4 is 0 Å². The third kappa shape index (κ3) is 2.42. The molecule has 5 aliphatic heterocycles. The molecular formula is C22H42N2+2. The largest absolute Gasteiger partial charge is 0.324 e. The maximum absolute atomic E-state index is 2.67. The van der Waals surface area contributed by atoms with Crippen molar-refractivity contribution >= 4 is 0 Å². The Bertz CT molecular complexity index is 500. The van der Waals surface area contributed by atoms with E-state index in [-0.39, 0.29) is 0 Å².